The van der Waals surface area contributed by atoms with Gasteiger partial charge in [-0.3, -0.25) is 0 Å². The average Bonchev–Trinajstić information content (AvgIpc) is 2.69. The maximum Gasteiger partial charge on any atom is 0.0533 e. The van der Waals surface area contributed by atoms with Gasteiger partial charge in [-0.05, 0) is 42.0 Å². The van der Waals surface area contributed by atoms with Crippen LogP contribution in [0, 0.1) is 0 Å². The van der Waals surface area contributed by atoms with E-state index in [9.17, 15) is 0 Å². The quantitative estimate of drug-likeness (QED) is 0.836. The van der Waals surface area contributed by atoms with Gasteiger partial charge in [0, 0.05) is 29.1 Å². The second-order valence-electron chi connectivity index (χ2n) is 5.36. The van der Waals surface area contributed by atoms with Gasteiger partial charge in [0.05, 0.1) is 5.69 Å². The molecule has 1 aliphatic heterocycles. The molecule has 21 heavy (non-hydrogen) atoms. The molecule has 0 amide bonds. The van der Waals surface area contributed by atoms with E-state index in [-0.39, 0.29) is 0 Å². The first-order valence-corrected chi connectivity index (χ1v) is 7.14. The second-order valence-corrected chi connectivity index (χ2v) is 5.36. The van der Waals surface area contributed by atoms with E-state index in [4.69, 9.17) is 5.73 Å². The monoisotopic (exact) mass is 272 g/mol. The Balaban J connectivity index is 1.99. The van der Waals surface area contributed by atoms with Gasteiger partial charge in [0.1, 0.15) is 0 Å². The fourth-order valence-electron chi connectivity index (χ4n) is 3.05. The lowest BCUT2D eigenvalue weighted by Gasteiger charge is -2.34. The first kappa shape index (κ1) is 12.0. The second kappa shape index (κ2) is 4.67. The molecule has 2 aliphatic rings. The summed E-state index contributed by atoms with van der Waals surface area (Å²) in [5.74, 6) is 0. The summed E-state index contributed by atoms with van der Waals surface area (Å²) in [5, 5.41) is 0. The summed E-state index contributed by atoms with van der Waals surface area (Å²) in [6, 6.07) is 19.0. The molecule has 0 fully saturated rings. The SMILES string of the molecule is NC1=CC=C2CC(=C1)c1ccccc1N2c1ccccc1. The van der Waals surface area contributed by atoms with Crippen LogP contribution in [0.3, 0.4) is 0 Å². The molecule has 2 bridgehead atoms. The largest absolute Gasteiger partial charge is 0.399 e. The first-order valence-electron chi connectivity index (χ1n) is 7.14. The van der Waals surface area contributed by atoms with Crippen LogP contribution in [0.15, 0.2) is 84.2 Å². The molecule has 2 heteroatoms. The summed E-state index contributed by atoms with van der Waals surface area (Å²) in [7, 11) is 0. The molecule has 2 nitrogen and oxygen atoms in total. The van der Waals surface area contributed by atoms with Gasteiger partial charge in [-0.15, -0.1) is 0 Å². The van der Waals surface area contributed by atoms with E-state index in [0.717, 1.165) is 12.1 Å². The van der Waals surface area contributed by atoms with Crippen molar-refractivity contribution in [3.05, 3.63) is 89.8 Å². The summed E-state index contributed by atoms with van der Waals surface area (Å²) >= 11 is 0. The number of allylic oxidation sites excluding steroid dienone is 4. The highest BCUT2D eigenvalue weighted by Gasteiger charge is 2.26. The number of rotatable bonds is 1. The van der Waals surface area contributed by atoms with E-state index < -0.39 is 0 Å². The van der Waals surface area contributed by atoms with Crippen LogP contribution >= 0.6 is 0 Å². The van der Waals surface area contributed by atoms with Gasteiger partial charge in [0.25, 0.3) is 0 Å². The molecule has 2 aromatic carbocycles. The normalized spacial score (nSPS) is 16.4. The fraction of sp³-hybridized carbons (Fsp3) is 0.0526. The molecule has 0 radical (unpaired) electrons. The Morgan fingerprint density at radius 2 is 1.62 bits per heavy atom. The lowest BCUT2D eigenvalue weighted by Crippen LogP contribution is -2.21. The number of fused-ring (bicyclic) bond motifs is 4. The number of nitrogens with two attached hydrogens (primary N) is 1. The van der Waals surface area contributed by atoms with E-state index in [1.54, 1.807) is 0 Å². The van der Waals surface area contributed by atoms with Crippen molar-refractivity contribution in [3.8, 4) is 0 Å². The lowest BCUT2D eigenvalue weighted by molar-refractivity contribution is 1.05. The molecule has 0 atom stereocenters. The zero-order chi connectivity index (χ0) is 14.2. The Morgan fingerprint density at radius 1 is 0.857 bits per heavy atom. The maximum absolute atomic E-state index is 6.05. The summed E-state index contributed by atoms with van der Waals surface area (Å²) < 4.78 is 0. The Kier molecular flexibility index (Phi) is 2.68. The predicted octanol–water partition coefficient (Wildman–Crippen LogP) is 4.35. The Morgan fingerprint density at radius 3 is 2.48 bits per heavy atom. The van der Waals surface area contributed by atoms with Gasteiger partial charge in [0.2, 0.25) is 0 Å². The van der Waals surface area contributed by atoms with E-state index in [2.05, 4.69) is 65.6 Å². The van der Waals surface area contributed by atoms with Crippen LogP contribution in [0.25, 0.3) is 5.57 Å². The Labute approximate surface area is 124 Å². The van der Waals surface area contributed by atoms with Crippen molar-refractivity contribution in [2.24, 2.45) is 5.73 Å². The summed E-state index contributed by atoms with van der Waals surface area (Å²) in [6.07, 6.45) is 7.11. The summed E-state index contributed by atoms with van der Waals surface area (Å²) in [6.45, 7) is 0. The zero-order valence-electron chi connectivity index (χ0n) is 11.7. The number of para-hydroxylation sites is 2. The van der Waals surface area contributed by atoms with E-state index in [1.807, 2.05) is 12.1 Å². The van der Waals surface area contributed by atoms with Crippen molar-refractivity contribution < 1.29 is 0 Å². The van der Waals surface area contributed by atoms with Crippen LogP contribution in [0.4, 0.5) is 11.4 Å². The van der Waals surface area contributed by atoms with Crippen LogP contribution in [-0.2, 0) is 0 Å². The van der Waals surface area contributed by atoms with Crippen molar-refractivity contribution in [1.82, 2.24) is 0 Å². The van der Waals surface area contributed by atoms with Crippen LogP contribution in [0.1, 0.15) is 12.0 Å². The molecule has 102 valence electrons. The highest BCUT2D eigenvalue weighted by atomic mass is 15.2. The lowest BCUT2D eigenvalue weighted by atomic mass is 9.93. The number of anilines is 2. The minimum atomic E-state index is 0.810. The number of benzene rings is 2. The number of hydrogen-bond donors (Lipinski definition) is 1. The van der Waals surface area contributed by atoms with Crippen molar-refractivity contribution in [3.63, 3.8) is 0 Å². The van der Waals surface area contributed by atoms with Crippen LogP contribution < -0.4 is 10.6 Å². The van der Waals surface area contributed by atoms with Crippen molar-refractivity contribution in [1.29, 1.82) is 0 Å². The number of hydrogen-bond acceptors (Lipinski definition) is 2. The van der Waals surface area contributed by atoms with Crippen LogP contribution in [0.2, 0.25) is 0 Å². The zero-order valence-corrected chi connectivity index (χ0v) is 11.7. The third-order valence-corrected chi connectivity index (χ3v) is 3.97. The van der Waals surface area contributed by atoms with Gasteiger partial charge in [-0.25, -0.2) is 0 Å². The van der Waals surface area contributed by atoms with Gasteiger partial charge in [-0.1, -0.05) is 36.4 Å². The van der Waals surface area contributed by atoms with Gasteiger partial charge >= 0.3 is 0 Å². The molecule has 0 saturated carbocycles. The molecule has 2 aromatic rings. The van der Waals surface area contributed by atoms with Crippen molar-refractivity contribution in [2.75, 3.05) is 4.90 Å². The van der Waals surface area contributed by atoms with Crippen molar-refractivity contribution >= 4 is 16.9 Å². The molecule has 0 saturated heterocycles. The number of nitrogens with zero attached hydrogens (tertiary/aromatic N) is 1. The third kappa shape index (κ3) is 1.96. The van der Waals surface area contributed by atoms with Gasteiger partial charge in [0.15, 0.2) is 0 Å². The standard InChI is InChI=1S/C19H16N2/c20-15-10-11-17-13-14(12-15)18-8-4-5-9-19(18)21(17)16-6-2-1-3-7-16/h1-12H,13,20H2. The Hall–Kier alpha value is -2.74. The predicted molar refractivity (Wildman–Crippen MR) is 88.0 cm³/mol. The highest BCUT2D eigenvalue weighted by Crippen LogP contribution is 2.44. The third-order valence-electron chi connectivity index (χ3n) is 3.97. The van der Waals surface area contributed by atoms with Gasteiger partial charge in [-0.2, -0.15) is 0 Å². The molecule has 0 aromatic heterocycles. The Bertz CT molecular complexity index is 782. The minimum absolute atomic E-state index is 0.810. The molecule has 0 unspecified atom stereocenters. The molecule has 1 aliphatic carbocycles. The van der Waals surface area contributed by atoms with E-state index >= 15 is 0 Å². The molecule has 2 N–H and O–H groups in total. The molecule has 4 rings (SSSR count). The van der Waals surface area contributed by atoms with Gasteiger partial charge < -0.3 is 10.6 Å². The molecular weight excluding hydrogens is 256 g/mol. The molecule has 0 spiro atoms. The van der Waals surface area contributed by atoms with E-state index in [0.29, 0.717) is 0 Å². The van der Waals surface area contributed by atoms with Crippen molar-refractivity contribution in [2.45, 2.75) is 6.42 Å². The summed E-state index contributed by atoms with van der Waals surface area (Å²) in [4.78, 5) is 2.32. The highest BCUT2D eigenvalue weighted by molar-refractivity contribution is 5.89. The molecular formula is C19H16N2. The topological polar surface area (TPSA) is 29.3 Å². The first-order chi connectivity index (χ1) is 10.3. The minimum Gasteiger partial charge on any atom is -0.399 e. The van der Waals surface area contributed by atoms with Crippen LogP contribution in [-0.4, -0.2) is 0 Å². The molecule has 1 heterocycles. The summed E-state index contributed by atoms with van der Waals surface area (Å²) in [5.41, 5.74) is 13.1. The van der Waals surface area contributed by atoms with E-state index in [1.165, 1.54) is 28.2 Å². The fourth-order valence-corrected chi connectivity index (χ4v) is 3.05. The maximum atomic E-state index is 6.05. The average molecular weight is 272 g/mol. The van der Waals surface area contributed by atoms with Crippen LogP contribution in [0.5, 0.6) is 0 Å². The smallest absolute Gasteiger partial charge is 0.0533 e.